The maximum Gasteiger partial charge on any atom is 0.0746 e. The van der Waals surface area contributed by atoms with Crippen LogP contribution in [0.5, 0.6) is 0 Å². The molecular formula is C9H18N2O. The van der Waals surface area contributed by atoms with Gasteiger partial charge in [0.2, 0.25) is 0 Å². The molecule has 0 saturated carbocycles. The summed E-state index contributed by atoms with van der Waals surface area (Å²) in [5, 5.41) is 11.7. The Morgan fingerprint density at radius 2 is 2.17 bits per heavy atom. The standard InChI is InChI=1S/C9H18N2O/c1-8(5-10)6-11-7-9(2,3)12-4/h8,11H,6-7H2,1-4H3. The van der Waals surface area contributed by atoms with Crippen molar-refractivity contribution in [2.45, 2.75) is 26.4 Å². The number of nitrogens with one attached hydrogen (secondary N) is 1. The average molecular weight is 170 g/mol. The van der Waals surface area contributed by atoms with Crippen LogP contribution >= 0.6 is 0 Å². The third-order valence-corrected chi connectivity index (χ3v) is 1.77. The maximum absolute atomic E-state index is 8.50. The van der Waals surface area contributed by atoms with Crippen LogP contribution in [0.25, 0.3) is 0 Å². The Bertz CT molecular complexity index is 160. The lowest BCUT2D eigenvalue weighted by molar-refractivity contribution is 0.0231. The minimum atomic E-state index is -0.144. The van der Waals surface area contributed by atoms with Gasteiger partial charge < -0.3 is 10.1 Å². The van der Waals surface area contributed by atoms with Gasteiger partial charge in [0.15, 0.2) is 0 Å². The summed E-state index contributed by atoms with van der Waals surface area (Å²) in [4.78, 5) is 0. The fourth-order valence-corrected chi connectivity index (χ4v) is 0.708. The molecule has 0 radical (unpaired) electrons. The van der Waals surface area contributed by atoms with E-state index in [0.29, 0.717) is 0 Å². The summed E-state index contributed by atoms with van der Waals surface area (Å²) < 4.78 is 5.21. The Morgan fingerprint density at radius 1 is 1.58 bits per heavy atom. The van der Waals surface area contributed by atoms with Crippen LogP contribution in [-0.2, 0) is 4.74 Å². The number of nitriles is 1. The van der Waals surface area contributed by atoms with E-state index >= 15 is 0 Å². The molecule has 1 N–H and O–H groups in total. The highest BCUT2D eigenvalue weighted by Crippen LogP contribution is 2.04. The number of hydrogen-bond acceptors (Lipinski definition) is 3. The van der Waals surface area contributed by atoms with Crippen molar-refractivity contribution in [3.8, 4) is 6.07 Å². The minimum absolute atomic E-state index is 0.0673. The van der Waals surface area contributed by atoms with Gasteiger partial charge in [-0.2, -0.15) is 5.26 Å². The van der Waals surface area contributed by atoms with Crippen molar-refractivity contribution < 1.29 is 4.74 Å². The van der Waals surface area contributed by atoms with E-state index in [1.165, 1.54) is 0 Å². The highest BCUT2D eigenvalue weighted by Gasteiger charge is 2.15. The number of nitrogens with zero attached hydrogens (tertiary/aromatic N) is 1. The van der Waals surface area contributed by atoms with Gasteiger partial charge in [-0.1, -0.05) is 0 Å². The van der Waals surface area contributed by atoms with E-state index in [0.717, 1.165) is 13.1 Å². The molecular weight excluding hydrogens is 152 g/mol. The molecule has 3 nitrogen and oxygen atoms in total. The van der Waals surface area contributed by atoms with E-state index in [1.807, 2.05) is 20.8 Å². The van der Waals surface area contributed by atoms with Crippen molar-refractivity contribution in [3.63, 3.8) is 0 Å². The van der Waals surface area contributed by atoms with Crippen molar-refractivity contribution in [2.75, 3.05) is 20.2 Å². The second-order valence-electron chi connectivity index (χ2n) is 3.62. The molecule has 0 aliphatic rings. The normalized spacial score (nSPS) is 13.9. The predicted molar refractivity (Wildman–Crippen MR) is 48.7 cm³/mol. The Hall–Kier alpha value is -0.590. The SMILES string of the molecule is COC(C)(C)CNCC(C)C#N. The van der Waals surface area contributed by atoms with Crippen molar-refractivity contribution in [3.05, 3.63) is 0 Å². The number of hydrogen-bond donors (Lipinski definition) is 1. The molecule has 0 aromatic rings. The molecule has 0 rings (SSSR count). The predicted octanol–water partition coefficient (Wildman–Crippen LogP) is 1.16. The van der Waals surface area contributed by atoms with Gasteiger partial charge in [0.25, 0.3) is 0 Å². The molecule has 0 aromatic heterocycles. The molecule has 0 spiro atoms. The van der Waals surface area contributed by atoms with Crippen LogP contribution in [0.15, 0.2) is 0 Å². The fourth-order valence-electron chi connectivity index (χ4n) is 0.708. The molecule has 3 heteroatoms. The van der Waals surface area contributed by atoms with Gasteiger partial charge in [-0.15, -0.1) is 0 Å². The minimum Gasteiger partial charge on any atom is -0.377 e. The molecule has 0 fully saturated rings. The summed E-state index contributed by atoms with van der Waals surface area (Å²) in [5.41, 5.74) is -0.144. The van der Waals surface area contributed by atoms with Crippen LogP contribution < -0.4 is 5.32 Å². The third-order valence-electron chi connectivity index (χ3n) is 1.77. The zero-order chi connectivity index (χ0) is 9.61. The summed E-state index contributed by atoms with van der Waals surface area (Å²) >= 11 is 0. The summed E-state index contributed by atoms with van der Waals surface area (Å²) in [6, 6.07) is 2.17. The molecule has 1 atom stereocenters. The smallest absolute Gasteiger partial charge is 0.0746 e. The highest BCUT2D eigenvalue weighted by atomic mass is 16.5. The Labute approximate surface area is 74.7 Å². The molecule has 0 aliphatic carbocycles. The van der Waals surface area contributed by atoms with Gasteiger partial charge in [0, 0.05) is 20.2 Å². The largest absolute Gasteiger partial charge is 0.377 e. The molecule has 0 heterocycles. The second-order valence-corrected chi connectivity index (χ2v) is 3.62. The molecule has 0 bridgehead atoms. The van der Waals surface area contributed by atoms with Gasteiger partial charge >= 0.3 is 0 Å². The van der Waals surface area contributed by atoms with E-state index in [2.05, 4.69) is 11.4 Å². The van der Waals surface area contributed by atoms with Crippen LogP contribution in [0.2, 0.25) is 0 Å². The van der Waals surface area contributed by atoms with E-state index < -0.39 is 0 Å². The monoisotopic (exact) mass is 170 g/mol. The molecule has 0 amide bonds. The summed E-state index contributed by atoms with van der Waals surface area (Å²) in [6.45, 7) is 7.42. The van der Waals surface area contributed by atoms with Gasteiger partial charge in [-0.25, -0.2) is 0 Å². The van der Waals surface area contributed by atoms with Crippen molar-refractivity contribution in [2.24, 2.45) is 5.92 Å². The van der Waals surface area contributed by atoms with E-state index in [-0.39, 0.29) is 11.5 Å². The zero-order valence-corrected chi connectivity index (χ0v) is 8.35. The molecule has 0 aromatic carbocycles. The molecule has 0 saturated heterocycles. The van der Waals surface area contributed by atoms with Crippen LogP contribution in [-0.4, -0.2) is 25.8 Å². The van der Waals surface area contributed by atoms with Crippen LogP contribution in [0.3, 0.4) is 0 Å². The quantitative estimate of drug-likeness (QED) is 0.673. The average Bonchev–Trinajstić information content (AvgIpc) is 2.04. The number of rotatable bonds is 5. The topological polar surface area (TPSA) is 45.0 Å². The van der Waals surface area contributed by atoms with Gasteiger partial charge in [-0.05, 0) is 20.8 Å². The van der Waals surface area contributed by atoms with Crippen LogP contribution in [0, 0.1) is 17.2 Å². The van der Waals surface area contributed by atoms with Gasteiger partial charge in [-0.3, -0.25) is 0 Å². The molecule has 1 unspecified atom stereocenters. The Balaban J connectivity index is 3.51. The zero-order valence-electron chi connectivity index (χ0n) is 8.35. The van der Waals surface area contributed by atoms with Crippen molar-refractivity contribution in [1.29, 1.82) is 5.26 Å². The van der Waals surface area contributed by atoms with Crippen LogP contribution in [0.4, 0.5) is 0 Å². The van der Waals surface area contributed by atoms with Crippen molar-refractivity contribution >= 4 is 0 Å². The molecule has 0 aliphatic heterocycles. The molecule has 12 heavy (non-hydrogen) atoms. The van der Waals surface area contributed by atoms with Gasteiger partial charge in [0.05, 0.1) is 17.6 Å². The highest BCUT2D eigenvalue weighted by molar-refractivity contribution is 4.81. The summed E-state index contributed by atoms with van der Waals surface area (Å²) in [7, 11) is 1.69. The van der Waals surface area contributed by atoms with E-state index in [9.17, 15) is 0 Å². The number of methoxy groups -OCH3 is 1. The first-order valence-corrected chi connectivity index (χ1v) is 4.17. The van der Waals surface area contributed by atoms with Crippen LogP contribution in [0.1, 0.15) is 20.8 Å². The Kier molecular flexibility index (Phi) is 4.87. The second kappa shape index (κ2) is 5.13. The lowest BCUT2D eigenvalue weighted by atomic mass is 10.1. The Morgan fingerprint density at radius 3 is 2.58 bits per heavy atom. The van der Waals surface area contributed by atoms with E-state index in [1.54, 1.807) is 7.11 Å². The first kappa shape index (κ1) is 11.4. The first-order valence-electron chi connectivity index (χ1n) is 4.17. The fraction of sp³-hybridized carbons (Fsp3) is 0.889. The van der Waals surface area contributed by atoms with Crippen molar-refractivity contribution in [1.82, 2.24) is 5.32 Å². The first-order chi connectivity index (χ1) is 5.52. The number of ether oxygens (including phenoxy) is 1. The molecule has 70 valence electrons. The van der Waals surface area contributed by atoms with Gasteiger partial charge in [0.1, 0.15) is 0 Å². The maximum atomic E-state index is 8.50. The lowest BCUT2D eigenvalue weighted by Crippen LogP contribution is -2.38. The lowest BCUT2D eigenvalue weighted by Gasteiger charge is -2.23. The summed E-state index contributed by atoms with van der Waals surface area (Å²) in [6.07, 6.45) is 0. The van der Waals surface area contributed by atoms with E-state index in [4.69, 9.17) is 10.00 Å². The third kappa shape index (κ3) is 5.11. The summed E-state index contributed by atoms with van der Waals surface area (Å²) in [5.74, 6) is 0.0673.